The molecule has 0 aliphatic rings. The van der Waals surface area contributed by atoms with Crippen LogP contribution >= 0.6 is 12.8 Å². The Hall–Kier alpha value is -2.74. The van der Waals surface area contributed by atoms with Crippen LogP contribution < -0.4 is 19.3 Å². The Morgan fingerprint density at radius 2 is 1.85 bits per heavy atom. The molecule has 138 valence electrons. The molecule has 1 N–H and O–H groups in total. The number of nitrogens with zero attached hydrogens (tertiary/aromatic N) is 3. The summed E-state index contributed by atoms with van der Waals surface area (Å²) < 4.78 is 6.39. The van der Waals surface area contributed by atoms with Gasteiger partial charge in [-0.05, 0) is 24.1 Å². The molecule has 2 aromatic rings. The van der Waals surface area contributed by atoms with Crippen LogP contribution in [0.1, 0.15) is 13.8 Å². The number of benzene rings is 1. The van der Waals surface area contributed by atoms with Gasteiger partial charge in [-0.15, -0.1) is 0 Å². The first-order chi connectivity index (χ1) is 12.4. The average Bonchev–Trinajstić information content (AvgIpc) is 2.66. The number of carbonyl (C=O) groups is 2. The number of nitrogens with one attached hydrogen (secondary N) is 1. The normalized spacial score (nSPS) is 10.3. The van der Waals surface area contributed by atoms with Gasteiger partial charge in [0.1, 0.15) is 0 Å². The summed E-state index contributed by atoms with van der Waals surface area (Å²) in [7, 11) is 1.61. The molecule has 0 aliphatic heterocycles. The highest BCUT2D eigenvalue weighted by Crippen LogP contribution is 2.19. The number of anilines is 2. The van der Waals surface area contributed by atoms with Gasteiger partial charge in [0.2, 0.25) is 5.88 Å². The van der Waals surface area contributed by atoms with Crippen LogP contribution in [-0.2, 0) is 0 Å². The monoisotopic (exact) mass is 374 g/mol. The van der Waals surface area contributed by atoms with Crippen LogP contribution in [0.15, 0.2) is 48.7 Å². The molecule has 1 heterocycles. The van der Waals surface area contributed by atoms with E-state index >= 15 is 0 Å². The minimum Gasteiger partial charge on any atom is -0.391 e. The molecule has 0 bridgehead atoms. The molecule has 0 saturated heterocycles. The summed E-state index contributed by atoms with van der Waals surface area (Å²) in [6, 6.07) is 11.9. The van der Waals surface area contributed by atoms with Gasteiger partial charge in [0.15, 0.2) is 0 Å². The van der Waals surface area contributed by atoms with Crippen LogP contribution in [0.3, 0.4) is 0 Å². The first-order valence-electron chi connectivity index (χ1n) is 8.12. The number of ether oxygens (including phenoxy) is 1. The Morgan fingerprint density at radius 1 is 1.15 bits per heavy atom. The molecule has 0 fully saturated rings. The fourth-order valence-corrected chi connectivity index (χ4v) is 2.15. The highest BCUT2D eigenvalue weighted by atomic mass is 32.1. The van der Waals surface area contributed by atoms with Crippen LogP contribution in [0, 0.1) is 5.92 Å². The third kappa shape index (κ3) is 5.38. The van der Waals surface area contributed by atoms with Crippen LogP contribution in [0.4, 0.5) is 21.0 Å². The maximum absolute atomic E-state index is 12.2. The van der Waals surface area contributed by atoms with E-state index in [1.165, 1.54) is 17.2 Å². The first-order valence-corrected chi connectivity index (χ1v) is 8.52. The average molecular weight is 374 g/mol. The molecule has 26 heavy (non-hydrogen) atoms. The topological polar surface area (TPSA) is 74.8 Å². The highest BCUT2D eigenvalue weighted by Gasteiger charge is 2.16. The van der Waals surface area contributed by atoms with E-state index in [4.69, 9.17) is 4.74 Å². The van der Waals surface area contributed by atoms with Crippen LogP contribution in [0.5, 0.6) is 5.88 Å². The molecule has 1 aromatic heterocycles. The van der Waals surface area contributed by atoms with E-state index in [1.807, 2.05) is 32.0 Å². The fourth-order valence-electron chi connectivity index (χ4n) is 1.96. The van der Waals surface area contributed by atoms with E-state index in [0.29, 0.717) is 23.8 Å². The van der Waals surface area contributed by atoms with Crippen molar-refractivity contribution in [1.29, 1.82) is 0 Å². The van der Waals surface area contributed by atoms with Crippen LogP contribution in [0.2, 0.25) is 0 Å². The van der Waals surface area contributed by atoms with Crippen molar-refractivity contribution in [3.05, 3.63) is 48.7 Å². The summed E-state index contributed by atoms with van der Waals surface area (Å²) in [5.41, 5.74) is 1.17. The van der Waals surface area contributed by atoms with Gasteiger partial charge in [-0.25, -0.2) is 18.9 Å². The molecule has 3 amide bonds. The summed E-state index contributed by atoms with van der Waals surface area (Å²) in [4.78, 5) is 29.6. The van der Waals surface area contributed by atoms with Crippen molar-refractivity contribution in [2.75, 3.05) is 22.8 Å². The number of thiol groups is 1. The zero-order valence-corrected chi connectivity index (χ0v) is 15.8. The molecule has 2 rings (SSSR count). The van der Waals surface area contributed by atoms with Crippen LogP contribution in [0.25, 0.3) is 0 Å². The van der Waals surface area contributed by atoms with Gasteiger partial charge in [-0.3, -0.25) is 4.90 Å². The third-order valence-corrected chi connectivity index (χ3v) is 3.84. The van der Waals surface area contributed by atoms with E-state index in [-0.39, 0.29) is 11.9 Å². The summed E-state index contributed by atoms with van der Waals surface area (Å²) >= 11 is 4.17. The largest absolute Gasteiger partial charge is 0.420 e. The third-order valence-electron chi connectivity index (χ3n) is 3.43. The SMILES string of the molecule is CC(C)CNC(=O)N(S)c1ccc(OC(=O)N(C)c2ccccc2)nc1. The molecule has 8 heteroatoms. The van der Waals surface area contributed by atoms with Gasteiger partial charge >= 0.3 is 12.1 Å². The lowest BCUT2D eigenvalue weighted by Gasteiger charge is -2.18. The van der Waals surface area contributed by atoms with E-state index in [9.17, 15) is 9.59 Å². The maximum Gasteiger partial charge on any atom is 0.420 e. The summed E-state index contributed by atoms with van der Waals surface area (Å²) in [5.74, 6) is 0.466. The van der Waals surface area contributed by atoms with Crippen molar-refractivity contribution < 1.29 is 14.3 Å². The molecule has 7 nitrogen and oxygen atoms in total. The van der Waals surface area contributed by atoms with Crippen molar-refractivity contribution in [2.45, 2.75) is 13.8 Å². The van der Waals surface area contributed by atoms with Gasteiger partial charge in [0, 0.05) is 25.3 Å². The first kappa shape index (κ1) is 19.6. The van der Waals surface area contributed by atoms with Gasteiger partial charge in [-0.2, -0.15) is 0 Å². The lowest BCUT2D eigenvalue weighted by atomic mass is 10.2. The lowest BCUT2D eigenvalue weighted by molar-refractivity contribution is 0.207. The Labute approximate surface area is 158 Å². The number of aromatic nitrogens is 1. The maximum atomic E-state index is 12.2. The molecule has 0 aliphatic carbocycles. The number of hydrogen-bond donors (Lipinski definition) is 2. The zero-order valence-electron chi connectivity index (χ0n) is 14.9. The Morgan fingerprint density at radius 3 is 2.42 bits per heavy atom. The Balaban J connectivity index is 1.96. The van der Waals surface area contributed by atoms with E-state index in [1.54, 1.807) is 25.2 Å². The zero-order chi connectivity index (χ0) is 19.1. The van der Waals surface area contributed by atoms with Crippen molar-refractivity contribution in [1.82, 2.24) is 10.3 Å². The van der Waals surface area contributed by atoms with Gasteiger partial charge in [0.25, 0.3) is 0 Å². The predicted molar refractivity (Wildman–Crippen MR) is 105 cm³/mol. The van der Waals surface area contributed by atoms with Crippen molar-refractivity contribution >= 4 is 36.3 Å². The predicted octanol–water partition coefficient (Wildman–Crippen LogP) is 3.73. The minimum absolute atomic E-state index is 0.130. The Kier molecular flexibility index (Phi) is 6.85. The summed E-state index contributed by atoms with van der Waals surface area (Å²) in [6.45, 7) is 4.55. The van der Waals surface area contributed by atoms with Crippen molar-refractivity contribution in [3.63, 3.8) is 0 Å². The van der Waals surface area contributed by atoms with E-state index < -0.39 is 6.09 Å². The molecule has 1 aromatic carbocycles. The quantitative estimate of drug-likeness (QED) is 0.782. The number of rotatable bonds is 5. The van der Waals surface area contributed by atoms with Gasteiger partial charge in [-0.1, -0.05) is 44.9 Å². The molecular weight excluding hydrogens is 352 g/mol. The number of para-hydroxylation sites is 1. The Bertz CT molecular complexity index is 738. The minimum atomic E-state index is -0.561. The molecule has 0 unspecified atom stereocenters. The highest BCUT2D eigenvalue weighted by molar-refractivity contribution is 7.82. The summed E-state index contributed by atoms with van der Waals surface area (Å²) in [6.07, 6.45) is 0.849. The molecule has 0 saturated carbocycles. The lowest BCUT2D eigenvalue weighted by Crippen LogP contribution is -2.36. The second-order valence-corrected chi connectivity index (χ2v) is 6.41. The number of pyridine rings is 1. The van der Waals surface area contributed by atoms with Crippen molar-refractivity contribution in [2.24, 2.45) is 5.92 Å². The summed E-state index contributed by atoms with van der Waals surface area (Å²) in [5, 5.41) is 2.75. The number of hydrogen-bond acceptors (Lipinski definition) is 5. The van der Waals surface area contributed by atoms with E-state index in [2.05, 4.69) is 23.1 Å². The van der Waals surface area contributed by atoms with Crippen molar-refractivity contribution in [3.8, 4) is 5.88 Å². The number of urea groups is 1. The van der Waals surface area contributed by atoms with Gasteiger partial charge in [0.05, 0.1) is 11.9 Å². The van der Waals surface area contributed by atoms with Crippen LogP contribution in [-0.4, -0.2) is 30.7 Å². The molecule has 0 radical (unpaired) electrons. The fraction of sp³-hybridized carbons (Fsp3) is 0.278. The van der Waals surface area contributed by atoms with Gasteiger partial charge < -0.3 is 10.1 Å². The smallest absolute Gasteiger partial charge is 0.391 e. The van der Waals surface area contributed by atoms with E-state index in [0.717, 1.165) is 4.31 Å². The second kappa shape index (κ2) is 9.10. The molecule has 0 atom stereocenters. The molecule has 0 spiro atoms. The number of carbonyl (C=O) groups excluding carboxylic acids is 2. The second-order valence-electron chi connectivity index (χ2n) is 6.01. The number of amides is 3. The molecular formula is C18H22N4O3S. The standard InChI is InChI=1S/C18H22N4O3S/c1-13(2)11-20-17(23)22(26)15-9-10-16(19-12-15)25-18(24)21(3)14-7-5-4-6-8-14/h4-10,12-13,26H,11H2,1-3H3,(H,20,23).